The number of carbonyl (C=O) groups is 1. The molecule has 0 spiro atoms. The summed E-state index contributed by atoms with van der Waals surface area (Å²) in [5.74, 6) is -1.05. The van der Waals surface area contributed by atoms with Crippen molar-refractivity contribution in [1.29, 1.82) is 0 Å². The standard InChI is InChI=1S/C18H15N3O2S/c22-17(23)15(11-13-7-3-1-4-8-13)20-21-18-19-16(12-24-18)14-9-5-2-6-10-14/h1-10,12H,11H2,(H,19,21)(H,22,23). The molecule has 24 heavy (non-hydrogen) atoms. The molecule has 0 aliphatic carbocycles. The lowest BCUT2D eigenvalue weighted by Crippen LogP contribution is -2.17. The Morgan fingerprint density at radius 1 is 1.08 bits per heavy atom. The first-order chi connectivity index (χ1) is 11.7. The van der Waals surface area contributed by atoms with Crippen LogP contribution in [0, 0.1) is 0 Å². The number of carboxylic acids is 1. The lowest BCUT2D eigenvalue weighted by Gasteiger charge is -2.02. The number of nitrogens with one attached hydrogen (secondary N) is 1. The fourth-order valence-corrected chi connectivity index (χ4v) is 2.80. The fraction of sp³-hybridized carbons (Fsp3) is 0.0556. The molecule has 0 unspecified atom stereocenters. The van der Waals surface area contributed by atoms with Crippen LogP contribution in [0.4, 0.5) is 5.13 Å². The Morgan fingerprint density at radius 3 is 2.42 bits per heavy atom. The Kier molecular flexibility index (Phi) is 4.98. The number of anilines is 1. The number of benzene rings is 2. The number of thiazole rings is 1. The number of hydrogen-bond donors (Lipinski definition) is 2. The van der Waals surface area contributed by atoms with E-state index in [0.717, 1.165) is 16.8 Å². The SMILES string of the molecule is O=C(O)C(Cc1ccccc1)=NNc1nc(-c2ccccc2)cs1. The van der Waals surface area contributed by atoms with Crippen LogP contribution in [0.5, 0.6) is 0 Å². The van der Waals surface area contributed by atoms with Crippen LogP contribution in [0.1, 0.15) is 5.56 Å². The molecule has 0 atom stereocenters. The normalized spacial score (nSPS) is 11.2. The Morgan fingerprint density at radius 2 is 1.75 bits per heavy atom. The fourth-order valence-electron chi connectivity index (χ4n) is 2.13. The zero-order chi connectivity index (χ0) is 16.8. The topological polar surface area (TPSA) is 74.6 Å². The van der Waals surface area contributed by atoms with Gasteiger partial charge in [0.1, 0.15) is 5.71 Å². The van der Waals surface area contributed by atoms with Crippen LogP contribution in [0.15, 0.2) is 71.1 Å². The second-order valence-corrected chi connectivity index (χ2v) is 5.90. The summed E-state index contributed by atoms with van der Waals surface area (Å²) in [6.07, 6.45) is 0.250. The lowest BCUT2D eigenvalue weighted by atomic mass is 10.1. The predicted octanol–water partition coefficient (Wildman–Crippen LogP) is 3.91. The highest BCUT2D eigenvalue weighted by Gasteiger charge is 2.11. The number of aliphatic carboxylic acids is 1. The third kappa shape index (κ3) is 4.05. The third-order valence-corrected chi connectivity index (χ3v) is 4.07. The van der Waals surface area contributed by atoms with Gasteiger partial charge in [0, 0.05) is 17.4 Å². The van der Waals surface area contributed by atoms with Gasteiger partial charge in [0.2, 0.25) is 5.13 Å². The molecule has 0 fully saturated rings. The Balaban J connectivity index is 1.73. The van der Waals surface area contributed by atoms with Crippen molar-refractivity contribution in [2.45, 2.75) is 6.42 Å². The molecule has 0 radical (unpaired) electrons. The number of nitrogens with zero attached hydrogens (tertiary/aromatic N) is 2. The van der Waals surface area contributed by atoms with Crippen molar-refractivity contribution in [2.75, 3.05) is 5.43 Å². The van der Waals surface area contributed by atoms with Crippen LogP contribution in [-0.2, 0) is 11.2 Å². The van der Waals surface area contributed by atoms with Gasteiger partial charge in [0.25, 0.3) is 0 Å². The van der Waals surface area contributed by atoms with Crippen LogP contribution in [-0.4, -0.2) is 21.8 Å². The minimum atomic E-state index is -1.05. The van der Waals surface area contributed by atoms with Crippen LogP contribution in [0.3, 0.4) is 0 Å². The highest BCUT2D eigenvalue weighted by atomic mass is 32.1. The molecule has 1 heterocycles. The monoisotopic (exact) mass is 337 g/mol. The first-order valence-electron chi connectivity index (χ1n) is 7.33. The summed E-state index contributed by atoms with van der Waals surface area (Å²) in [6, 6.07) is 19.2. The molecule has 3 aromatic rings. The zero-order valence-corrected chi connectivity index (χ0v) is 13.5. The summed E-state index contributed by atoms with van der Waals surface area (Å²) < 4.78 is 0. The van der Waals surface area contributed by atoms with Gasteiger partial charge in [-0.2, -0.15) is 5.10 Å². The highest BCUT2D eigenvalue weighted by molar-refractivity contribution is 7.14. The minimum Gasteiger partial charge on any atom is -0.477 e. The van der Waals surface area contributed by atoms with Gasteiger partial charge in [0.05, 0.1) is 5.69 Å². The molecule has 120 valence electrons. The molecule has 2 N–H and O–H groups in total. The molecule has 1 aromatic heterocycles. The largest absolute Gasteiger partial charge is 0.477 e. The number of aromatic nitrogens is 1. The van der Waals surface area contributed by atoms with E-state index < -0.39 is 5.97 Å². The minimum absolute atomic E-state index is 0.0395. The molecule has 0 aliphatic rings. The van der Waals surface area contributed by atoms with Crippen LogP contribution < -0.4 is 5.43 Å². The van der Waals surface area contributed by atoms with E-state index in [1.807, 2.05) is 66.0 Å². The smallest absolute Gasteiger partial charge is 0.352 e. The summed E-state index contributed by atoms with van der Waals surface area (Å²) in [6.45, 7) is 0. The van der Waals surface area contributed by atoms with Gasteiger partial charge in [-0.15, -0.1) is 11.3 Å². The summed E-state index contributed by atoms with van der Waals surface area (Å²) in [5.41, 5.74) is 5.52. The van der Waals surface area contributed by atoms with Crippen molar-refractivity contribution in [3.05, 3.63) is 71.6 Å². The maximum atomic E-state index is 11.4. The molecular formula is C18H15N3O2S. The zero-order valence-electron chi connectivity index (χ0n) is 12.7. The summed E-state index contributed by atoms with van der Waals surface area (Å²) in [5, 5.41) is 15.8. The van der Waals surface area contributed by atoms with Gasteiger partial charge in [-0.3, -0.25) is 5.43 Å². The van der Waals surface area contributed by atoms with E-state index in [1.165, 1.54) is 11.3 Å². The lowest BCUT2D eigenvalue weighted by molar-refractivity contribution is -0.129. The van der Waals surface area contributed by atoms with E-state index in [2.05, 4.69) is 15.5 Å². The number of rotatable bonds is 6. The first-order valence-corrected chi connectivity index (χ1v) is 8.21. The van der Waals surface area contributed by atoms with Crippen molar-refractivity contribution >= 4 is 28.1 Å². The van der Waals surface area contributed by atoms with E-state index in [-0.39, 0.29) is 12.1 Å². The molecule has 0 bridgehead atoms. The van der Waals surface area contributed by atoms with Crippen molar-refractivity contribution in [3.8, 4) is 11.3 Å². The average molecular weight is 337 g/mol. The molecule has 5 nitrogen and oxygen atoms in total. The first kappa shape index (κ1) is 15.9. The third-order valence-electron chi connectivity index (χ3n) is 3.32. The number of carboxylic acid groups (broad SMARTS) is 1. The molecule has 2 aromatic carbocycles. The van der Waals surface area contributed by atoms with E-state index in [0.29, 0.717) is 5.13 Å². The number of hydrogen-bond acceptors (Lipinski definition) is 5. The van der Waals surface area contributed by atoms with Gasteiger partial charge in [0.15, 0.2) is 0 Å². The predicted molar refractivity (Wildman–Crippen MR) is 96.4 cm³/mol. The Bertz CT molecular complexity index is 845. The molecule has 0 saturated heterocycles. The molecule has 0 amide bonds. The van der Waals surface area contributed by atoms with E-state index in [1.54, 1.807) is 0 Å². The van der Waals surface area contributed by atoms with Gasteiger partial charge in [-0.25, -0.2) is 9.78 Å². The molecule has 3 rings (SSSR count). The van der Waals surface area contributed by atoms with E-state index in [4.69, 9.17) is 0 Å². The van der Waals surface area contributed by atoms with Crippen molar-refractivity contribution in [3.63, 3.8) is 0 Å². The second kappa shape index (κ2) is 7.52. The number of hydrazone groups is 1. The van der Waals surface area contributed by atoms with Gasteiger partial charge < -0.3 is 5.11 Å². The summed E-state index contributed by atoms with van der Waals surface area (Å²) in [7, 11) is 0. The average Bonchev–Trinajstić information content (AvgIpc) is 3.09. The van der Waals surface area contributed by atoms with Gasteiger partial charge >= 0.3 is 5.97 Å². The molecule has 6 heteroatoms. The van der Waals surface area contributed by atoms with E-state index >= 15 is 0 Å². The van der Waals surface area contributed by atoms with Crippen molar-refractivity contribution in [2.24, 2.45) is 5.10 Å². The molecule has 0 aliphatic heterocycles. The van der Waals surface area contributed by atoms with Gasteiger partial charge in [-0.05, 0) is 5.56 Å². The summed E-state index contributed by atoms with van der Waals surface area (Å²) in [4.78, 5) is 15.8. The quantitative estimate of drug-likeness (QED) is 0.528. The highest BCUT2D eigenvalue weighted by Crippen LogP contribution is 2.24. The Labute approximate surface area is 143 Å². The van der Waals surface area contributed by atoms with Crippen molar-refractivity contribution in [1.82, 2.24) is 4.98 Å². The molecule has 0 saturated carbocycles. The van der Waals surface area contributed by atoms with E-state index in [9.17, 15) is 9.90 Å². The van der Waals surface area contributed by atoms with Crippen LogP contribution >= 0.6 is 11.3 Å². The maximum absolute atomic E-state index is 11.4. The van der Waals surface area contributed by atoms with Crippen molar-refractivity contribution < 1.29 is 9.90 Å². The Hall–Kier alpha value is -2.99. The maximum Gasteiger partial charge on any atom is 0.352 e. The van der Waals surface area contributed by atoms with Crippen LogP contribution in [0.25, 0.3) is 11.3 Å². The molecular weight excluding hydrogens is 322 g/mol. The second-order valence-electron chi connectivity index (χ2n) is 5.04. The summed E-state index contributed by atoms with van der Waals surface area (Å²) >= 11 is 1.38. The van der Waals surface area contributed by atoms with Gasteiger partial charge in [-0.1, -0.05) is 60.7 Å². The van der Waals surface area contributed by atoms with Crippen LogP contribution in [0.2, 0.25) is 0 Å².